The average Bonchev–Trinajstić information content (AvgIpc) is 2.51. The summed E-state index contributed by atoms with van der Waals surface area (Å²) in [5, 5.41) is 19.8. The number of hydrogen-bond acceptors (Lipinski definition) is 3. The Labute approximate surface area is 136 Å². The van der Waals surface area contributed by atoms with Crippen LogP contribution in [0, 0.1) is 11.3 Å². The highest BCUT2D eigenvalue weighted by Crippen LogP contribution is 2.47. The quantitative estimate of drug-likeness (QED) is 0.709. The molecule has 1 aromatic rings. The summed E-state index contributed by atoms with van der Waals surface area (Å²) in [6, 6.07) is 3.42. The fraction of sp³-hybridized carbons (Fsp3) is 0.529. The average molecular weight is 354 g/mol. The van der Waals surface area contributed by atoms with E-state index in [1.807, 2.05) is 6.07 Å². The highest BCUT2D eigenvalue weighted by molar-refractivity contribution is 8.93. The minimum absolute atomic E-state index is 0. The Morgan fingerprint density at radius 3 is 2.52 bits per heavy atom. The van der Waals surface area contributed by atoms with Gasteiger partial charge in [0.05, 0.1) is 0 Å². The number of fused-ring (bicyclic) bond motifs is 1. The lowest BCUT2D eigenvalue weighted by Crippen LogP contribution is -2.40. The normalized spacial score (nSPS) is 23.2. The van der Waals surface area contributed by atoms with Gasteiger partial charge in [-0.1, -0.05) is 37.5 Å². The van der Waals surface area contributed by atoms with E-state index in [2.05, 4.69) is 12.2 Å². The summed E-state index contributed by atoms with van der Waals surface area (Å²) in [7, 11) is 0. The summed E-state index contributed by atoms with van der Waals surface area (Å²) >= 11 is 0. The van der Waals surface area contributed by atoms with E-state index < -0.39 is 0 Å². The molecule has 4 N–H and O–H groups in total. The van der Waals surface area contributed by atoms with Crippen molar-refractivity contribution in [2.75, 3.05) is 6.54 Å². The number of benzene rings is 1. The number of halogens is 1. The van der Waals surface area contributed by atoms with Gasteiger partial charge in [0.15, 0.2) is 11.5 Å². The van der Waals surface area contributed by atoms with Gasteiger partial charge in [0.1, 0.15) is 0 Å². The van der Waals surface area contributed by atoms with E-state index in [0.717, 1.165) is 17.5 Å². The first kappa shape index (κ1) is 16.4. The fourth-order valence-electron chi connectivity index (χ4n) is 3.92. The van der Waals surface area contributed by atoms with Crippen LogP contribution in [-0.2, 0) is 6.42 Å². The van der Waals surface area contributed by atoms with Crippen molar-refractivity contribution in [1.82, 2.24) is 0 Å². The molecule has 21 heavy (non-hydrogen) atoms. The van der Waals surface area contributed by atoms with Crippen LogP contribution in [-0.4, -0.2) is 16.8 Å². The summed E-state index contributed by atoms with van der Waals surface area (Å²) in [4.78, 5) is 0. The summed E-state index contributed by atoms with van der Waals surface area (Å²) < 4.78 is 0. The van der Waals surface area contributed by atoms with E-state index in [4.69, 9.17) is 5.73 Å². The first-order chi connectivity index (χ1) is 9.66. The predicted octanol–water partition coefficient (Wildman–Crippen LogP) is 3.77. The second-order valence-electron chi connectivity index (χ2n) is 6.30. The van der Waals surface area contributed by atoms with E-state index in [1.54, 1.807) is 6.07 Å². The van der Waals surface area contributed by atoms with Crippen LogP contribution in [0.15, 0.2) is 18.2 Å². The maximum absolute atomic E-state index is 10.1. The van der Waals surface area contributed by atoms with Crippen LogP contribution in [0.25, 0.3) is 6.08 Å². The number of hydrogen-bond donors (Lipinski definition) is 3. The van der Waals surface area contributed by atoms with Crippen LogP contribution in [0.1, 0.15) is 43.2 Å². The summed E-state index contributed by atoms with van der Waals surface area (Å²) in [6.07, 6.45) is 11.3. The largest absolute Gasteiger partial charge is 0.504 e. The number of allylic oxidation sites excluding steroid dienone is 1. The molecule has 1 saturated carbocycles. The number of nitrogens with two attached hydrogens (primary N) is 1. The monoisotopic (exact) mass is 353 g/mol. The SMILES string of the molecule is Br.NCC1(C2C=Cc3ccc(O)c(O)c3C2)CCCCC1. The first-order valence-electron chi connectivity index (χ1n) is 7.58. The van der Waals surface area contributed by atoms with Crippen molar-refractivity contribution in [3.63, 3.8) is 0 Å². The van der Waals surface area contributed by atoms with Crippen molar-refractivity contribution >= 4 is 23.1 Å². The Morgan fingerprint density at radius 2 is 1.86 bits per heavy atom. The Balaban J connectivity index is 0.00000161. The Bertz CT molecular complexity index is 536. The standard InChI is InChI=1S/C17H23NO2.BrH/c18-11-17(8-2-1-3-9-17)13-6-4-12-5-7-15(19)16(20)14(12)10-13;/h4-7,13,19-20H,1-3,8-11,18H2;1H. The number of phenols is 2. The number of rotatable bonds is 2. The van der Waals surface area contributed by atoms with Crippen LogP contribution < -0.4 is 5.73 Å². The summed E-state index contributed by atoms with van der Waals surface area (Å²) in [6.45, 7) is 0.705. The molecule has 1 aromatic carbocycles. The molecule has 0 radical (unpaired) electrons. The topological polar surface area (TPSA) is 66.5 Å². The van der Waals surface area contributed by atoms with E-state index >= 15 is 0 Å². The summed E-state index contributed by atoms with van der Waals surface area (Å²) in [5.41, 5.74) is 8.17. The zero-order valence-electron chi connectivity index (χ0n) is 12.2. The molecule has 0 aliphatic heterocycles. The van der Waals surface area contributed by atoms with Gasteiger partial charge in [-0.3, -0.25) is 0 Å². The van der Waals surface area contributed by atoms with Gasteiger partial charge < -0.3 is 15.9 Å². The van der Waals surface area contributed by atoms with Crippen LogP contribution in [0.5, 0.6) is 11.5 Å². The number of phenolic OH excluding ortho intramolecular Hbond substituents is 2. The smallest absolute Gasteiger partial charge is 0.161 e. The van der Waals surface area contributed by atoms with Gasteiger partial charge in [0.2, 0.25) is 0 Å². The van der Waals surface area contributed by atoms with Crippen LogP contribution in [0.3, 0.4) is 0 Å². The lowest BCUT2D eigenvalue weighted by Gasteiger charge is -2.43. The number of aromatic hydroxyl groups is 2. The minimum Gasteiger partial charge on any atom is -0.504 e. The van der Waals surface area contributed by atoms with Gasteiger partial charge in [-0.15, -0.1) is 17.0 Å². The van der Waals surface area contributed by atoms with Gasteiger partial charge in [-0.25, -0.2) is 0 Å². The highest BCUT2D eigenvalue weighted by atomic mass is 79.9. The molecule has 4 heteroatoms. The molecule has 0 bridgehead atoms. The van der Waals surface area contributed by atoms with Crippen LogP contribution in [0.2, 0.25) is 0 Å². The summed E-state index contributed by atoms with van der Waals surface area (Å²) in [5.74, 6) is 0.385. The van der Waals surface area contributed by atoms with Crippen molar-refractivity contribution in [1.29, 1.82) is 0 Å². The molecule has 1 atom stereocenters. The van der Waals surface area contributed by atoms with Crippen molar-refractivity contribution in [3.8, 4) is 11.5 Å². The molecule has 1 unspecified atom stereocenters. The fourth-order valence-corrected chi connectivity index (χ4v) is 3.92. The van der Waals surface area contributed by atoms with Crippen molar-refractivity contribution in [2.45, 2.75) is 38.5 Å². The lowest BCUT2D eigenvalue weighted by atomic mass is 9.63. The lowest BCUT2D eigenvalue weighted by molar-refractivity contribution is 0.133. The van der Waals surface area contributed by atoms with Crippen LogP contribution >= 0.6 is 17.0 Å². The second kappa shape index (κ2) is 6.41. The molecule has 3 nitrogen and oxygen atoms in total. The van der Waals surface area contributed by atoms with Crippen molar-refractivity contribution in [2.24, 2.45) is 17.1 Å². The van der Waals surface area contributed by atoms with Gasteiger partial charge in [-0.2, -0.15) is 0 Å². The molecule has 2 aliphatic rings. The van der Waals surface area contributed by atoms with E-state index in [9.17, 15) is 10.2 Å². The van der Waals surface area contributed by atoms with Gasteiger partial charge in [0, 0.05) is 5.56 Å². The maximum atomic E-state index is 10.1. The predicted molar refractivity (Wildman–Crippen MR) is 90.9 cm³/mol. The Kier molecular flexibility index (Phi) is 4.99. The Hall–Kier alpha value is -1.00. The molecular weight excluding hydrogens is 330 g/mol. The molecule has 2 aliphatic carbocycles. The molecule has 0 aromatic heterocycles. The second-order valence-corrected chi connectivity index (χ2v) is 6.30. The molecule has 1 fully saturated rings. The van der Waals surface area contributed by atoms with E-state index in [0.29, 0.717) is 12.5 Å². The third-order valence-electron chi connectivity index (χ3n) is 5.27. The zero-order valence-corrected chi connectivity index (χ0v) is 13.9. The third-order valence-corrected chi connectivity index (χ3v) is 5.27. The molecular formula is C17H24BrNO2. The van der Waals surface area contributed by atoms with E-state index in [1.165, 1.54) is 32.1 Å². The van der Waals surface area contributed by atoms with Crippen molar-refractivity contribution < 1.29 is 10.2 Å². The minimum atomic E-state index is -0.0248. The maximum Gasteiger partial charge on any atom is 0.161 e. The van der Waals surface area contributed by atoms with Gasteiger partial charge in [-0.05, 0) is 48.8 Å². The molecule has 3 rings (SSSR count). The Morgan fingerprint density at radius 1 is 1.14 bits per heavy atom. The molecule has 116 valence electrons. The third kappa shape index (κ3) is 2.84. The van der Waals surface area contributed by atoms with Gasteiger partial charge >= 0.3 is 0 Å². The van der Waals surface area contributed by atoms with E-state index in [-0.39, 0.29) is 33.9 Å². The molecule has 0 saturated heterocycles. The van der Waals surface area contributed by atoms with Crippen LogP contribution in [0.4, 0.5) is 0 Å². The van der Waals surface area contributed by atoms with Crippen molar-refractivity contribution in [3.05, 3.63) is 29.3 Å². The first-order valence-corrected chi connectivity index (χ1v) is 7.58. The molecule has 0 amide bonds. The zero-order chi connectivity index (χ0) is 14.2. The molecule has 0 heterocycles. The highest BCUT2D eigenvalue weighted by Gasteiger charge is 2.39. The molecule has 0 spiro atoms. The van der Waals surface area contributed by atoms with Gasteiger partial charge in [0.25, 0.3) is 0 Å².